The molecule has 3 nitrogen and oxygen atoms in total. The van der Waals surface area contributed by atoms with Crippen LogP contribution in [-0.4, -0.2) is 75.8 Å². The molecular weight excluding hydrogens is 1150 g/mol. The van der Waals surface area contributed by atoms with Gasteiger partial charge in [0.25, 0.3) is 0 Å². The van der Waals surface area contributed by atoms with Crippen molar-refractivity contribution < 1.29 is 0 Å². The van der Waals surface area contributed by atoms with E-state index in [0.29, 0.717) is 5.41 Å². The molecule has 0 amide bonds. The molecule has 532 valence electrons. The third-order valence-electron chi connectivity index (χ3n) is 38.0. The number of rotatable bonds is 9. The summed E-state index contributed by atoms with van der Waals surface area (Å²) >= 11 is 0. The van der Waals surface area contributed by atoms with Crippen molar-refractivity contribution in [2.45, 2.75) is 439 Å². The van der Waals surface area contributed by atoms with Gasteiger partial charge in [0.2, 0.25) is 0 Å². The van der Waals surface area contributed by atoms with Gasteiger partial charge >= 0.3 is 0 Å². The van der Waals surface area contributed by atoms with E-state index in [1.807, 2.05) is 0 Å². The molecule has 3 saturated heterocycles. The summed E-state index contributed by atoms with van der Waals surface area (Å²) in [6, 6.07) is 7.91. The second-order valence-corrected chi connectivity index (χ2v) is 42.6. The first-order valence-corrected chi connectivity index (χ1v) is 46.1. The van der Waals surface area contributed by atoms with Crippen LogP contribution in [-0.2, 0) is 0 Å². The van der Waals surface area contributed by atoms with Crippen LogP contribution in [0.5, 0.6) is 0 Å². The fourth-order valence-electron chi connectivity index (χ4n) is 35.9. The Morgan fingerprint density at radius 2 is 0.621 bits per heavy atom. The van der Waals surface area contributed by atoms with Crippen LogP contribution in [0.1, 0.15) is 367 Å². The summed E-state index contributed by atoms with van der Waals surface area (Å²) in [6.45, 7) is 9.23. The van der Waals surface area contributed by atoms with Gasteiger partial charge in [0.1, 0.15) is 0 Å². The van der Waals surface area contributed by atoms with E-state index in [0.717, 1.165) is 203 Å². The average molecular weight is 1300 g/mol. The minimum absolute atomic E-state index is 0.391. The van der Waals surface area contributed by atoms with Gasteiger partial charge in [-0.2, -0.15) is 0 Å². The lowest BCUT2D eigenvalue weighted by Gasteiger charge is -2.72. The predicted octanol–water partition coefficient (Wildman–Crippen LogP) is 24.1. The van der Waals surface area contributed by atoms with Crippen LogP contribution in [0.15, 0.2) is 0 Å². The van der Waals surface area contributed by atoms with E-state index in [-0.39, 0.29) is 0 Å². The summed E-state index contributed by atoms with van der Waals surface area (Å²) < 4.78 is 0. The minimum atomic E-state index is 0.391. The normalized spacial score (nSPS) is 51.4. The standard InChI is InChI=1S/C91H150BN3/c1-91(2,3)57-58-53-84-88-85(54-58)95(90-69(61-29-12-6-13-30-61)39-23-40-70(90)62-31-14-7-15-32-62)83-56-65(93-80-45-18-16-35-71(80)72-36-17-19-46-81(72)93)48-52-79(83)92(88)78-51-47-64(66-49-50-77-75-42-21-34-63-33-20-41-74(86(63)75)76-44-24-43-73(66)87(76)77)55-82(78)94(84)89-67(59-25-8-4-9-26-59)37-22-38-68(89)60-27-10-5-11-28-60/h58-90H,4-57H2,1-3H3/t58?,63-,64?,65-,66?,67+,68?,69-,70+,71-,72?,73?,74?,75-,76?,77?,78?,79+,80?,81+,82?,83?,84?,85?,86?,87-,88-,89?,90?/m0/s1. The number of nitrogens with zero attached hydrogens (tertiary/aromatic N) is 3. The van der Waals surface area contributed by atoms with Crippen LogP contribution in [0.3, 0.4) is 0 Å². The van der Waals surface area contributed by atoms with Crippen LogP contribution in [0, 0.1) is 130 Å². The zero-order chi connectivity index (χ0) is 63.0. The Hall–Kier alpha value is -0.0551. The maximum atomic E-state index is 3.97. The maximum absolute atomic E-state index is 3.97. The molecule has 0 N–H and O–H groups in total. The van der Waals surface area contributed by atoms with Gasteiger partial charge in [0, 0.05) is 54.4 Å². The predicted molar refractivity (Wildman–Crippen MR) is 399 cm³/mol. The molecule has 4 heteroatoms. The molecule has 29 atom stereocenters. The van der Waals surface area contributed by atoms with E-state index in [2.05, 4.69) is 35.5 Å². The topological polar surface area (TPSA) is 9.72 Å². The second kappa shape index (κ2) is 27.8. The Balaban J connectivity index is 0.764. The van der Waals surface area contributed by atoms with Crippen LogP contribution >= 0.6 is 0 Å². The van der Waals surface area contributed by atoms with Crippen molar-refractivity contribution in [2.75, 3.05) is 0 Å². The van der Waals surface area contributed by atoms with Gasteiger partial charge in [-0.1, -0.05) is 239 Å². The average Bonchev–Trinajstić information content (AvgIpc) is 1.11. The van der Waals surface area contributed by atoms with E-state index >= 15 is 0 Å². The lowest BCUT2D eigenvalue weighted by Crippen LogP contribution is -2.77. The van der Waals surface area contributed by atoms with E-state index in [4.69, 9.17) is 0 Å². The molecule has 0 radical (unpaired) electrons. The van der Waals surface area contributed by atoms with E-state index in [9.17, 15) is 0 Å². The van der Waals surface area contributed by atoms with Crippen molar-refractivity contribution in [3.8, 4) is 0 Å². The highest BCUT2D eigenvalue weighted by atomic mass is 15.3. The van der Waals surface area contributed by atoms with Gasteiger partial charge in [-0.05, 0) is 276 Å². The van der Waals surface area contributed by atoms with Gasteiger partial charge in [0.05, 0.1) is 0 Å². The first-order valence-electron chi connectivity index (χ1n) is 46.1. The molecular formula is C91H150BN3. The Kier molecular flexibility index (Phi) is 19.2. The molecule has 0 spiro atoms. The highest BCUT2D eigenvalue weighted by Gasteiger charge is 2.70. The fraction of sp³-hybridized carbons (Fsp3) is 1.00. The van der Waals surface area contributed by atoms with Gasteiger partial charge in [0.15, 0.2) is 6.71 Å². The molecule has 0 aromatic rings. The van der Waals surface area contributed by atoms with Crippen molar-refractivity contribution in [3.63, 3.8) is 0 Å². The SMILES string of the molecule is CC(C)(C)CC1CC2[C@@H]3B(C4CCC(C5CCC6[C@@H]7CCC[C@@H]8CCCC(C87)C7CCCC5[C@@H]76)CC4N2C2C(C4CCCCC4)CCC[C@@H]2C2CCCCC2)[C@@H]2CC[C@H](N4C5CCCC[C@H]5C5CCCC[C@H]54)CC2N(C2[C@@H](C4CCCCC4)CCC[C@H]2C2CCCCC2)C3C1. The largest absolute Gasteiger partial charge is 0.295 e. The number of hydrogen-bond donors (Lipinski definition) is 0. The number of hydrogen-bond acceptors (Lipinski definition) is 3. The summed E-state index contributed by atoms with van der Waals surface area (Å²) in [5.74, 6) is 24.8. The highest BCUT2D eigenvalue weighted by Crippen LogP contribution is 2.71. The molecule has 16 aliphatic carbocycles. The minimum Gasteiger partial charge on any atom is -0.295 e. The van der Waals surface area contributed by atoms with Crippen molar-refractivity contribution in [2.24, 2.45) is 130 Å². The van der Waals surface area contributed by atoms with E-state index in [1.54, 1.807) is 302 Å². The monoisotopic (exact) mass is 1300 g/mol. The lowest BCUT2D eigenvalue weighted by atomic mass is 9.18. The molecule has 3 heterocycles. The van der Waals surface area contributed by atoms with Gasteiger partial charge in [-0.3, -0.25) is 14.7 Å². The van der Waals surface area contributed by atoms with Crippen LogP contribution in [0.25, 0.3) is 0 Å². The van der Waals surface area contributed by atoms with Crippen molar-refractivity contribution in [3.05, 3.63) is 0 Å². The third kappa shape index (κ3) is 11.8. The first kappa shape index (κ1) is 65.7. The first-order chi connectivity index (χ1) is 46.8. The maximum Gasteiger partial charge on any atom is 0.156 e. The zero-order valence-corrected chi connectivity index (χ0v) is 62.7. The third-order valence-corrected chi connectivity index (χ3v) is 38.0. The molecule has 18 unspecified atom stereocenters. The van der Waals surface area contributed by atoms with Crippen LogP contribution in [0.4, 0.5) is 0 Å². The number of fused-ring (bicyclic) bond motifs is 9. The summed E-state index contributed by atoms with van der Waals surface area (Å²) in [6.07, 6.45) is 85.8. The Bertz CT molecular complexity index is 2440. The molecule has 19 fully saturated rings. The molecule has 19 aliphatic rings. The smallest absolute Gasteiger partial charge is 0.156 e. The second-order valence-electron chi connectivity index (χ2n) is 42.6. The van der Waals surface area contributed by atoms with Crippen LogP contribution in [0.2, 0.25) is 17.5 Å². The molecule has 0 aromatic heterocycles. The Morgan fingerprint density at radius 3 is 1.11 bits per heavy atom. The summed E-state index contributed by atoms with van der Waals surface area (Å²) in [4.78, 5) is 11.5. The van der Waals surface area contributed by atoms with E-state index < -0.39 is 0 Å². The summed E-state index contributed by atoms with van der Waals surface area (Å²) in [7, 11) is 0. The number of likely N-dealkylation sites (tertiary alicyclic amines) is 1. The van der Waals surface area contributed by atoms with Crippen molar-refractivity contribution in [1.29, 1.82) is 0 Å². The van der Waals surface area contributed by atoms with Gasteiger partial charge in [-0.15, -0.1) is 0 Å². The lowest BCUT2D eigenvalue weighted by molar-refractivity contribution is -0.160. The summed E-state index contributed by atoms with van der Waals surface area (Å²) in [5, 5.41) is 0. The van der Waals surface area contributed by atoms with E-state index in [1.165, 1.54) is 44.9 Å². The van der Waals surface area contributed by atoms with Gasteiger partial charge in [-0.25, -0.2) is 0 Å². The van der Waals surface area contributed by atoms with Gasteiger partial charge < -0.3 is 0 Å². The molecule has 0 bridgehead atoms. The molecule has 3 aliphatic heterocycles. The molecule has 95 heavy (non-hydrogen) atoms. The Labute approximate surface area is 587 Å². The fourth-order valence-corrected chi connectivity index (χ4v) is 35.9. The van der Waals surface area contributed by atoms with Crippen molar-refractivity contribution in [1.82, 2.24) is 14.7 Å². The zero-order valence-electron chi connectivity index (χ0n) is 62.7. The van der Waals surface area contributed by atoms with Crippen molar-refractivity contribution >= 4 is 6.71 Å². The molecule has 16 saturated carbocycles. The highest BCUT2D eigenvalue weighted by molar-refractivity contribution is 6.65. The quantitative estimate of drug-likeness (QED) is 0.213. The van der Waals surface area contributed by atoms with Crippen LogP contribution < -0.4 is 0 Å². The summed E-state index contributed by atoms with van der Waals surface area (Å²) in [5.41, 5.74) is 0.391. The Morgan fingerprint density at radius 1 is 0.253 bits per heavy atom. The molecule has 0 aromatic carbocycles. The molecule has 19 rings (SSSR count).